The molecule has 0 spiro atoms. The minimum absolute atomic E-state index is 0.258. The summed E-state index contributed by atoms with van der Waals surface area (Å²) in [4.78, 5) is 15.9. The molecule has 6 heteroatoms. The van der Waals surface area contributed by atoms with E-state index in [0.717, 1.165) is 28.1 Å². The number of anilines is 2. The van der Waals surface area contributed by atoms with E-state index < -0.39 is 0 Å². The normalized spacial score (nSPS) is 17.0. The summed E-state index contributed by atoms with van der Waals surface area (Å²) in [7, 11) is 0. The fourth-order valence-corrected chi connectivity index (χ4v) is 2.87. The predicted octanol–water partition coefficient (Wildman–Crippen LogP) is 3.12. The van der Waals surface area contributed by atoms with Crippen LogP contribution in [0.5, 0.6) is 0 Å². The maximum atomic E-state index is 12.9. The Balaban J connectivity index is 1.86. The van der Waals surface area contributed by atoms with Gasteiger partial charge < -0.3 is 15.4 Å². The molecule has 0 saturated carbocycles. The predicted molar refractivity (Wildman–Crippen MR) is 82.5 cm³/mol. The van der Waals surface area contributed by atoms with Crippen LogP contribution in [0.3, 0.4) is 0 Å². The van der Waals surface area contributed by atoms with Crippen molar-refractivity contribution in [2.75, 3.05) is 5.32 Å². The lowest BCUT2D eigenvalue weighted by Gasteiger charge is -2.12. The van der Waals surface area contributed by atoms with Crippen molar-refractivity contribution in [3.8, 4) is 0 Å². The Kier molecular flexibility index (Phi) is 3.87. The first kappa shape index (κ1) is 13.6. The lowest BCUT2D eigenvalue weighted by atomic mass is 10.2. The Morgan fingerprint density at radius 3 is 2.81 bits per heavy atom. The van der Waals surface area contributed by atoms with E-state index in [1.165, 1.54) is 23.9 Å². The van der Waals surface area contributed by atoms with Crippen LogP contribution in [0.15, 0.2) is 48.9 Å². The van der Waals surface area contributed by atoms with Crippen molar-refractivity contribution in [2.45, 2.75) is 5.37 Å². The molecule has 1 aromatic heterocycles. The molecule has 106 valence electrons. The summed E-state index contributed by atoms with van der Waals surface area (Å²) in [5.74, 6) is -0.279. The third-order valence-electron chi connectivity index (χ3n) is 2.97. The van der Waals surface area contributed by atoms with Gasteiger partial charge in [-0.05, 0) is 30.3 Å². The molecule has 0 radical (unpaired) electrons. The van der Waals surface area contributed by atoms with Gasteiger partial charge in [0.25, 0.3) is 0 Å². The number of rotatable bonds is 4. The van der Waals surface area contributed by atoms with Gasteiger partial charge in [0.05, 0.1) is 11.9 Å². The molecule has 21 heavy (non-hydrogen) atoms. The zero-order valence-corrected chi connectivity index (χ0v) is 11.7. The molecule has 0 aliphatic carbocycles. The van der Waals surface area contributed by atoms with Crippen LogP contribution in [-0.2, 0) is 4.79 Å². The number of thioether (sulfide) groups is 1. The first-order chi connectivity index (χ1) is 10.3. The maximum absolute atomic E-state index is 12.9. The first-order valence-corrected chi connectivity index (χ1v) is 7.19. The molecule has 2 heterocycles. The van der Waals surface area contributed by atoms with Gasteiger partial charge in [-0.2, -0.15) is 0 Å². The Labute approximate surface area is 125 Å². The number of hydrogen-bond acceptors (Lipinski definition) is 5. The van der Waals surface area contributed by atoms with E-state index in [1.807, 2.05) is 12.3 Å². The van der Waals surface area contributed by atoms with Crippen molar-refractivity contribution in [2.24, 2.45) is 0 Å². The van der Waals surface area contributed by atoms with Crippen molar-refractivity contribution >= 4 is 34.3 Å². The number of carbonyl (C=O) groups excluding carboxylic acids is 1. The molecule has 1 aromatic carbocycles. The van der Waals surface area contributed by atoms with Gasteiger partial charge in [-0.25, -0.2) is 4.39 Å². The average molecular weight is 301 g/mol. The van der Waals surface area contributed by atoms with E-state index in [2.05, 4.69) is 15.6 Å². The van der Waals surface area contributed by atoms with E-state index in [4.69, 9.17) is 0 Å². The summed E-state index contributed by atoms with van der Waals surface area (Å²) in [6, 6.07) is 7.99. The van der Waals surface area contributed by atoms with Crippen molar-refractivity contribution < 1.29 is 9.18 Å². The quantitative estimate of drug-likeness (QED) is 0.850. The Morgan fingerprint density at radius 1 is 1.29 bits per heavy atom. The second-order valence-electron chi connectivity index (χ2n) is 4.40. The van der Waals surface area contributed by atoms with Crippen molar-refractivity contribution in [3.05, 3.63) is 60.3 Å². The zero-order chi connectivity index (χ0) is 14.7. The molecule has 1 aliphatic rings. The van der Waals surface area contributed by atoms with Crippen LogP contribution in [0.4, 0.5) is 15.8 Å². The number of aldehydes is 1. The molecule has 3 rings (SSSR count). The van der Waals surface area contributed by atoms with Crippen LogP contribution < -0.4 is 10.6 Å². The molecular formula is C15H12FN3OS. The van der Waals surface area contributed by atoms with E-state index in [9.17, 15) is 9.18 Å². The fourth-order valence-electron chi connectivity index (χ4n) is 1.97. The number of carbonyl (C=O) groups is 1. The van der Waals surface area contributed by atoms with Crippen LogP contribution in [0.25, 0.3) is 4.91 Å². The van der Waals surface area contributed by atoms with Gasteiger partial charge >= 0.3 is 0 Å². The largest absolute Gasteiger partial charge is 0.372 e. The summed E-state index contributed by atoms with van der Waals surface area (Å²) in [6.45, 7) is 0. The monoisotopic (exact) mass is 301 g/mol. The van der Waals surface area contributed by atoms with Gasteiger partial charge in [-0.1, -0.05) is 11.8 Å². The highest BCUT2D eigenvalue weighted by Crippen LogP contribution is 2.37. The van der Waals surface area contributed by atoms with Gasteiger partial charge in [0.15, 0.2) is 6.29 Å². The molecular weight excluding hydrogens is 289 g/mol. The Hall–Kier alpha value is -2.34. The summed E-state index contributed by atoms with van der Waals surface area (Å²) < 4.78 is 12.9. The first-order valence-electron chi connectivity index (χ1n) is 6.31. The van der Waals surface area contributed by atoms with Crippen LogP contribution >= 0.6 is 11.8 Å². The molecule has 0 fully saturated rings. The Morgan fingerprint density at radius 2 is 2.10 bits per heavy atom. The number of nitrogens with zero attached hydrogens (tertiary/aromatic N) is 1. The van der Waals surface area contributed by atoms with E-state index >= 15 is 0 Å². The van der Waals surface area contributed by atoms with E-state index in [1.54, 1.807) is 24.5 Å². The average Bonchev–Trinajstić information content (AvgIpc) is 2.99. The number of hydrogen-bond donors (Lipinski definition) is 2. The second-order valence-corrected chi connectivity index (χ2v) is 5.59. The molecule has 0 bridgehead atoms. The van der Waals surface area contributed by atoms with Gasteiger partial charge in [-0.3, -0.25) is 4.98 Å². The van der Waals surface area contributed by atoms with Gasteiger partial charge in [0.1, 0.15) is 11.2 Å². The number of benzene rings is 1. The highest BCUT2D eigenvalue weighted by Gasteiger charge is 2.19. The third-order valence-corrected chi connectivity index (χ3v) is 4.06. The Bertz CT molecular complexity index is 688. The van der Waals surface area contributed by atoms with Gasteiger partial charge in [0, 0.05) is 28.6 Å². The molecule has 2 aromatic rings. The molecule has 4 nitrogen and oxygen atoms in total. The topological polar surface area (TPSA) is 54.0 Å². The van der Waals surface area contributed by atoms with Crippen molar-refractivity contribution in [1.29, 1.82) is 0 Å². The number of nitrogens with one attached hydrogen (secondary N) is 2. The van der Waals surface area contributed by atoms with Gasteiger partial charge in [-0.15, -0.1) is 0 Å². The van der Waals surface area contributed by atoms with E-state index in [-0.39, 0.29) is 11.2 Å². The molecule has 1 unspecified atom stereocenters. The lowest BCUT2D eigenvalue weighted by molar-refractivity contribution is -0.107. The van der Waals surface area contributed by atoms with Crippen LogP contribution in [0.1, 0.15) is 5.56 Å². The maximum Gasteiger partial charge on any atom is 0.152 e. The number of aromatic nitrogens is 1. The minimum atomic E-state index is -0.279. The molecule has 0 amide bonds. The second kappa shape index (κ2) is 5.97. The minimum Gasteiger partial charge on any atom is -0.372 e. The standard InChI is InChI=1S/C15H12FN3OS/c16-10-1-3-11(4-2-10)19-13-7-17-6-5-12(13)14-8-18-15(9-20)21-14/h1-9,15,18-19H. The van der Waals surface area contributed by atoms with E-state index in [0.29, 0.717) is 0 Å². The third kappa shape index (κ3) is 3.05. The van der Waals surface area contributed by atoms with Crippen molar-refractivity contribution in [3.63, 3.8) is 0 Å². The van der Waals surface area contributed by atoms with Gasteiger partial charge in [0.2, 0.25) is 0 Å². The lowest BCUT2D eigenvalue weighted by Crippen LogP contribution is -2.16. The summed E-state index contributed by atoms with van der Waals surface area (Å²) in [5, 5.41) is 5.94. The summed E-state index contributed by atoms with van der Waals surface area (Å²) >= 11 is 1.45. The SMILES string of the molecule is O=CC1NC=C(c2ccncc2Nc2ccc(F)cc2)S1. The molecule has 2 N–H and O–H groups in total. The van der Waals surface area contributed by atoms with Crippen LogP contribution in [0.2, 0.25) is 0 Å². The highest BCUT2D eigenvalue weighted by atomic mass is 32.2. The summed E-state index contributed by atoms with van der Waals surface area (Å²) in [5.41, 5.74) is 2.52. The summed E-state index contributed by atoms with van der Waals surface area (Å²) in [6.07, 6.45) is 6.08. The molecule has 1 aliphatic heterocycles. The number of halogens is 1. The molecule has 1 atom stereocenters. The van der Waals surface area contributed by atoms with Crippen molar-refractivity contribution in [1.82, 2.24) is 10.3 Å². The fraction of sp³-hybridized carbons (Fsp3) is 0.0667. The zero-order valence-electron chi connectivity index (χ0n) is 10.9. The number of pyridine rings is 1. The highest BCUT2D eigenvalue weighted by molar-refractivity contribution is 8.09. The van der Waals surface area contributed by atoms with Crippen LogP contribution in [0, 0.1) is 5.82 Å². The van der Waals surface area contributed by atoms with Crippen LogP contribution in [-0.4, -0.2) is 16.6 Å². The smallest absolute Gasteiger partial charge is 0.152 e. The molecule has 0 saturated heterocycles.